The number of hydrogen-bond donors (Lipinski definition) is 1. The van der Waals surface area contributed by atoms with E-state index in [2.05, 4.69) is 10.1 Å². The smallest absolute Gasteiger partial charge is 0.277 e. The van der Waals surface area contributed by atoms with E-state index < -0.39 is 5.72 Å². The van der Waals surface area contributed by atoms with Gasteiger partial charge in [0.2, 0.25) is 0 Å². The van der Waals surface area contributed by atoms with Crippen LogP contribution in [-0.4, -0.2) is 26.7 Å². The molecule has 1 aliphatic rings. The van der Waals surface area contributed by atoms with Crippen LogP contribution in [0.25, 0.3) is 0 Å². The summed E-state index contributed by atoms with van der Waals surface area (Å²) in [4.78, 5) is 17.0. The van der Waals surface area contributed by atoms with Gasteiger partial charge in [0, 0.05) is 29.9 Å². The van der Waals surface area contributed by atoms with Crippen LogP contribution in [0.2, 0.25) is 0 Å². The number of nitrogens with zero attached hydrogens (tertiary/aromatic N) is 3. The van der Waals surface area contributed by atoms with Crippen LogP contribution in [0.15, 0.2) is 90.3 Å². The highest BCUT2D eigenvalue weighted by molar-refractivity contribution is 6.05. The third-order valence-corrected chi connectivity index (χ3v) is 4.45. The molecular weight excluding hydrogens is 326 g/mol. The van der Waals surface area contributed by atoms with Gasteiger partial charge in [-0.05, 0) is 17.7 Å². The molecule has 128 valence electrons. The Bertz CT molecular complexity index is 943. The van der Waals surface area contributed by atoms with Gasteiger partial charge < -0.3 is 5.11 Å². The standard InChI is InChI=1S/C21H17N3O2/c25-20(17-11-13-22-14-12-17)24-21(26,18-9-5-2-6-10-18)15-19(23-24)16-7-3-1-4-8-16/h1-14,26H,15H2/t21-/m0/s1. The molecule has 0 saturated carbocycles. The molecule has 1 aliphatic heterocycles. The van der Waals surface area contributed by atoms with Crippen LogP contribution in [0.4, 0.5) is 0 Å². The molecule has 2 aromatic carbocycles. The van der Waals surface area contributed by atoms with Gasteiger partial charge in [-0.2, -0.15) is 10.1 Å². The zero-order valence-corrected chi connectivity index (χ0v) is 14.0. The average molecular weight is 343 g/mol. The van der Waals surface area contributed by atoms with Crippen molar-refractivity contribution in [2.24, 2.45) is 5.10 Å². The van der Waals surface area contributed by atoms with Crippen molar-refractivity contribution in [2.45, 2.75) is 12.1 Å². The summed E-state index contributed by atoms with van der Waals surface area (Å²) in [7, 11) is 0. The summed E-state index contributed by atoms with van der Waals surface area (Å²) in [5.74, 6) is -0.371. The maximum Gasteiger partial charge on any atom is 0.277 e. The molecule has 2 heterocycles. The van der Waals surface area contributed by atoms with E-state index >= 15 is 0 Å². The van der Waals surface area contributed by atoms with Gasteiger partial charge in [-0.1, -0.05) is 60.7 Å². The maximum absolute atomic E-state index is 13.0. The van der Waals surface area contributed by atoms with Crippen LogP contribution in [0, 0.1) is 0 Å². The number of carbonyl (C=O) groups excluding carboxylic acids is 1. The number of rotatable bonds is 3. The predicted molar refractivity (Wildman–Crippen MR) is 98.3 cm³/mol. The van der Waals surface area contributed by atoms with Gasteiger partial charge in [-0.15, -0.1) is 0 Å². The second-order valence-electron chi connectivity index (χ2n) is 6.12. The molecule has 1 amide bonds. The van der Waals surface area contributed by atoms with Gasteiger partial charge in [0.25, 0.3) is 5.91 Å². The van der Waals surface area contributed by atoms with Crippen molar-refractivity contribution in [3.8, 4) is 0 Å². The number of hydrogen-bond acceptors (Lipinski definition) is 4. The van der Waals surface area contributed by atoms with E-state index in [1.807, 2.05) is 48.5 Å². The molecule has 0 spiro atoms. The Kier molecular flexibility index (Phi) is 4.07. The fourth-order valence-corrected chi connectivity index (χ4v) is 3.10. The lowest BCUT2D eigenvalue weighted by Gasteiger charge is -2.31. The van der Waals surface area contributed by atoms with Crippen molar-refractivity contribution in [1.82, 2.24) is 9.99 Å². The zero-order valence-electron chi connectivity index (χ0n) is 14.0. The molecular formula is C21H17N3O2. The van der Waals surface area contributed by atoms with E-state index in [0.717, 1.165) is 5.56 Å². The van der Waals surface area contributed by atoms with Crippen LogP contribution < -0.4 is 0 Å². The van der Waals surface area contributed by atoms with Gasteiger partial charge in [0.05, 0.1) is 5.71 Å². The van der Waals surface area contributed by atoms with Crippen LogP contribution >= 0.6 is 0 Å². The van der Waals surface area contributed by atoms with Crippen molar-refractivity contribution in [3.05, 3.63) is 102 Å². The quantitative estimate of drug-likeness (QED) is 0.794. The van der Waals surface area contributed by atoms with Crippen LogP contribution in [0.1, 0.15) is 27.9 Å². The summed E-state index contributed by atoms with van der Waals surface area (Å²) < 4.78 is 0. The molecule has 0 fully saturated rings. The Hall–Kier alpha value is -3.31. The topological polar surface area (TPSA) is 65.8 Å². The second-order valence-corrected chi connectivity index (χ2v) is 6.12. The van der Waals surface area contributed by atoms with Gasteiger partial charge in [-0.25, -0.2) is 0 Å². The third-order valence-electron chi connectivity index (χ3n) is 4.45. The van der Waals surface area contributed by atoms with Crippen LogP contribution in [-0.2, 0) is 5.72 Å². The number of amides is 1. The van der Waals surface area contributed by atoms with Gasteiger partial charge in [0.1, 0.15) is 0 Å². The average Bonchev–Trinajstić information content (AvgIpc) is 3.08. The van der Waals surface area contributed by atoms with Crippen molar-refractivity contribution < 1.29 is 9.90 Å². The van der Waals surface area contributed by atoms with Crippen LogP contribution in [0.3, 0.4) is 0 Å². The number of hydrazone groups is 1. The van der Waals surface area contributed by atoms with Crippen molar-refractivity contribution in [2.75, 3.05) is 0 Å². The fourth-order valence-electron chi connectivity index (χ4n) is 3.10. The van der Waals surface area contributed by atoms with E-state index in [1.165, 1.54) is 5.01 Å². The van der Waals surface area contributed by atoms with E-state index in [1.54, 1.807) is 36.7 Å². The largest absolute Gasteiger partial charge is 0.365 e. The minimum Gasteiger partial charge on any atom is -0.365 e. The SMILES string of the molecule is O=C(c1ccncc1)N1N=C(c2ccccc2)C[C@]1(O)c1ccccc1. The first-order valence-electron chi connectivity index (χ1n) is 8.34. The number of aromatic nitrogens is 1. The molecule has 1 aromatic heterocycles. The number of aliphatic hydroxyl groups is 1. The molecule has 0 bridgehead atoms. The monoisotopic (exact) mass is 343 g/mol. The molecule has 3 aromatic rings. The highest BCUT2D eigenvalue weighted by Gasteiger charge is 2.46. The first-order valence-corrected chi connectivity index (χ1v) is 8.34. The molecule has 4 rings (SSSR count). The molecule has 0 aliphatic carbocycles. The van der Waals surface area contributed by atoms with Crippen molar-refractivity contribution in [1.29, 1.82) is 0 Å². The second kappa shape index (κ2) is 6.54. The number of benzene rings is 2. The highest BCUT2D eigenvalue weighted by Crippen LogP contribution is 2.37. The molecule has 0 unspecified atom stereocenters. The van der Waals surface area contributed by atoms with Crippen molar-refractivity contribution >= 4 is 11.6 Å². The summed E-state index contributed by atoms with van der Waals surface area (Å²) in [6, 6.07) is 22.0. The third kappa shape index (κ3) is 2.78. The molecule has 0 saturated heterocycles. The summed E-state index contributed by atoms with van der Waals surface area (Å²) in [5.41, 5.74) is 1.06. The molecule has 5 nitrogen and oxygen atoms in total. The summed E-state index contributed by atoms with van der Waals surface area (Å²) in [5, 5.41) is 17.1. The first-order chi connectivity index (χ1) is 12.7. The predicted octanol–water partition coefficient (Wildman–Crippen LogP) is 3.18. The van der Waals surface area contributed by atoms with Gasteiger partial charge in [0.15, 0.2) is 5.72 Å². The number of carbonyl (C=O) groups is 1. The molecule has 26 heavy (non-hydrogen) atoms. The highest BCUT2D eigenvalue weighted by atomic mass is 16.3. The molecule has 5 heteroatoms. The normalized spacial score (nSPS) is 19.3. The lowest BCUT2D eigenvalue weighted by molar-refractivity contribution is -0.0765. The lowest BCUT2D eigenvalue weighted by Crippen LogP contribution is -2.43. The zero-order chi connectivity index (χ0) is 18.0. The Morgan fingerprint density at radius 1 is 0.923 bits per heavy atom. The number of pyridine rings is 1. The van der Waals surface area contributed by atoms with Crippen LogP contribution in [0.5, 0.6) is 0 Å². The van der Waals surface area contributed by atoms with Crippen molar-refractivity contribution in [3.63, 3.8) is 0 Å². The summed E-state index contributed by atoms with van der Waals surface area (Å²) in [6.45, 7) is 0. The Balaban J connectivity index is 1.80. The Morgan fingerprint density at radius 3 is 2.19 bits per heavy atom. The minimum atomic E-state index is -1.53. The lowest BCUT2D eigenvalue weighted by atomic mass is 9.94. The Labute approximate surface area is 151 Å². The first kappa shape index (κ1) is 16.2. The van der Waals surface area contributed by atoms with Gasteiger partial charge >= 0.3 is 0 Å². The fraction of sp³-hybridized carbons (Fsp3) is 0.0952. The van der Waals surface area contributed by atoms with E-state index in [0.29, 0.717) is 16.8 Å². The molecule has 1 N–H and O–H groups in total. The Morgan fingerprint density at radius 2 is 1.54 bits per heavy atom. The maximum atomic E-state index is 13.0. The van der Waals surface area contributed by atoms with E-state index in [-0.39, 0.29) is 12.3 Å². The molecule has 1 atom stereocenters. The van der Waals surface area contributed by atoms with Gasteiger partial charge in [-0.3, -0.25) is 9.78 Å². The molecule has 0 radical (unpaired) electrons. The summed E-state index contributed by atoms with van der Waals surface area (Å²) >= 11 is 0. The van der Waals surface area contributed by atoms with E-state index in [9.17, 15) is 9.90 Å². The van der Waals surface area contributed by atoms with E-state index in [4.69, 9.17) is 0 Å². The minimum absolute atomic E-state index is 0.220. The summed E-state index contributed by atoms with van der Waals surface area (Å²) in [6.07, 6.45) is 3.32.